The number of hydrogen-bond acceptors (Lipinski definition) is 7. The zero-order valence-corrected chi connectivity index (χ0v) is 6.96. The molecule has 0 fully saturated rings. The molecule has 0 aliphatic carbocycles. The number of hydrazine groups is 1. The molecule has 0 aromatic carbocycles. The van der Waals surface area contributed by atoms with E-state index < -0.39 is 37.6 Å². The van der Waals surface area contributed by atoms with Crippen molar-refractivity contribution in [3.8, 4) is 0 Å². The van der Waals surface area contributed by atoms with E-state index in [9.17, 15) is 10.2 Å². The van der Waals surface area contributed by atoms with Crippen LogP contribution >= 0.6 is 0 Å². The van der Waals surface area contributed by atoms with Gasteiger partial charge in [-0.2, -0.15) is 0 Å². The van der Waals surface area contributed by atoms with Crippen LogP contribution in [0.4, 0.5) is 0 Å². The van der Waals surface area contributed by atoms with Gasteiger partial charge in [0.2, 0.25) is 0 Å². The van der Waals surface area contributed by atoms with E-state index in [-0.39, 0.29) is 0 Å². The van der Waals surface area contributed by atoms with E-state index in [2.05, 4.69) is 5.43 Å². The second-order valence-electron chi connectivity index (χ2n) is 2.66. The Morgan fingerprint density at radius 2 is 1.77 bits per heavy atom. The molecule has 7 heteroatoms. The molecule has 0 unspecified atom stereocenters. The Labute approximate surface area is 76.9 Å². The maximum Gasteiger partial charge on any atom is 0.137 e. The summed E-state index contributed by atoms with van der Waals surface area (Å²) in [5, 5.41) is 44.7. The third-order valence-corrected chi connectivity index (χ3v) is 1.73. The van der Waals surface area contributed by atoms with Gasteiger partial charge in [0.25, 0.3) is 0 Å². The van der Waals surface area contributed by atoms with Gasteiger partial charge in [-0.05, 0) is 0 Å². The smallest absolute Gasteiger partial charge is 0.137 e. The number of rotatable bonds is 7. The van der Waals surface area contributed by atoms with Crippen molar-refractivity contribution in [3.05, 3.63) is 0 Å². The molecule has 13 heavy (non-hydrogen) atoms. The molecule has 8 N–H and O–H groups in total. The van der Waals surface area contributed by atoms with Crippen LogP contribution in [0.2, 0.25) is 1.41 Å². The summed E-state index contributed by atoms with van der Waals surface area (Å²) in [4.78, 5) is 0. The third kappa shape index (κ3) is 3.53. The molecule has 0 heterocycles. The SMILES string of the molecule is [2H]NN[C@H](CO)[C@@H](O)[C@@H](O)[C@H](O)CO. The Morgan fingerprint density at radius 1 is 1.15 bits per heavy atom. The first-order chi connectivity index (χ1) is 6.58. The minimum Gasteiger partial charge on any atom is -0.395 e. The molecule has 0 radical (unpaired) electrons. The Morgan fingerprint density at radius 3 is 2.15 bits per heavy atom. The number of nitrogens with two attached hydrogens (primary N) is 1. The summed E-state index contributed by atoms with van der Waals surface area (Å²) in [6, 6.07) is -1.01. The van der Waals surface area contributed by atoms with Crippen molar-refractivity contribution in [2.75, 3.05) is 13.2 Å². The molecule has 0 rings (SSSR count). The van der Waals surface area contributed by atoms with Crippen LogP contribution in [-0.4, -0.2) is 63.1 Å². The van der Waals surface area contributed by atoms with Gasteiger partial charge in [0.05, 0.1) is 19.3 Å². The van der Waals surface area contributed by atoms with Gasteiger partial charge in [0.15, 0.2) is 0 Å². The summed E-state index contributed by atoms with van der Waals surface area (Å²) >= 11 is 0. The number of aliphatic hydroxyl groups is 5. The van der Waals surface area contributed by atoms with Crippen molar-refractivity contribution < 1.29 is 26.9 Å². The van der Waals surface area contributed by atoms with Crippen molar-refractivity contribution >= 4 is 0 Å². The largest absolute Gasteiger partial charge is 0.395 e. The van der Waals surface area contributed by atoms with Crippen LogP contribution in [0.15, 0.2) is 0 Å². The van der Waals surface area contributed by atoms with Gasteiger partial charge < -0.3 is 25.5 Å². The standard InChI is InChI=1S/C6H16N2O5/c7-8-3(1-9)5(12)6(13)4(11)2-10/h3-6,8-13H,1-2,7H2/t3-,4-,5-,6+/m1/s1/i/hD. The molecular formula is C6H16N2O5. The van der Waals surface area contributed by atoms with Crippen LogP contribution in [-0.2, 0) is 0 Å². The van der Waals surface area contributed by atoms with E-state index in [1.54, 1.807) is 5.84 Å². The molecule has 0 bridgehead atoms. The molecule has 0 aromatic rings. The van der Waals surface area contributed by atoms with Crippen molar-refractivity contribution in [2.45, 2.75) is 24.4 Å². The Kier molecular flexibility index (Phi) is 5.16. The van der Waals surface area contributed by atoms with Crippen LogP contribution in [0.3, 0.4) is 0 Å². The van der Waals surface area contributed by atoms with Gasteiger partial charge in [-0.3, -0.25) is 11.3 Å². The Hall–Kier alpha value is -0.280. The minimum absolute atomic E-state index is 0.539. The first-order valence-corrected chi connectivity index (χ1v) is 3.76. The molecule has 4 atom stereocenters. The molecule has 0 aromatic heterocycles. The fraction of sp³-hybridized carbons (Fsp3) is 1.00. The summed E-state index contributed by atoms with van der Waals surface area (Å²) in [6.45, 7) is -1.24. The van der Waals surface area contributed by atoms with Crippen molar-refractivity contribution in [2.24, 2.45) is 5.84 Å². The lowest BCUT2D eigenvalue weighted by Crippen LogP contribution is -2.54. The van der Waals surface area contributed by atoms with Crippen molar-refractivity contribution in [3.63, 3.8) is 0 Å². The second-order valence-corrected chi connectivity index (χ2v) is 2.66. The summed E-state index contributed by atoms with van der Waals surface area (Å²) in [6.07, 6.45) is -4.59. The van der Waals surface area contributed by atoms with Crippen LogP contribution in [0.5, 0.6) is 0 Å². The van der Waals surface area contributed by atoms with Gasteiger partial charge in [-0.25, -0.2) is 0 Å². The molecular weight excluding hydrogens is 180 g/mol. The molecule has 0 aliphatic rings. The highest BCUT2D eigenvalue weighted by Crippen LogP contribution is 2.03. The third-order valence-electron chi connectivity index (χ3n) is 1.73. The summed E-state index contributed by atoms with van der Waals surface area (Å²) < 4.78 is 6.55. The number of aliphatic hydroxyl groups excluding tert-OH is 5. The molecule has 0 spiro atoms. The minimum atomic E-state index is -1.60. The molecule has 0 saturated heterocycles. The van der Waals surface area contributed by atoms with E-state index in [4.69, 9.17) is 16.7 Å². The second kappa shape index (κ2) is 6.22. The summed E-state index contributed by atoms with van der Waals surface area (Å²) in [7, 11) is 0. The Balaban J connectivity index is 4.17. The van der Waals surface area contributed by atoms with Gasteiger partial charge >= 0.3 is 0 Å². The lowest BCUT2D eigenvalue weighted by Gasteiger charge is -2.26. The van der Waals surface area contributed by atoms with E-state index in [1.165, 1.54) is 0 Å². The van der Waals surface area contributed by atoms with Gasteiger partial charge in [0.1, 0.15) is 19.7 Å². The zero-order chi connectivity index (χ0) is 11.1. The number of hydrogen-bond donors (Lipinski definition) is 7. The quantitative estimate of drug-likeness (QED) is 0.162. The molecule has 7 nitrogen and oxygen atoms in total. The van der Waals surface area contributed by atoms with Gasteiger partial charge in [-0.1, -0.05) is 0 Å². The molecule has 0 saturated carbocycles. The van der Waals surface area contributed by atoms with Gasteiger partial charge in [0, 0.05) is 0 Å². The normalized spacial score (nSPS) is 21.8. The van der Waals surface area contributed by atoms with Crippen molar-refractivity contribution in [1.82, 2.24) is 5.43 Å². The van der Waals surface area contributed by atoms with Crippen LogP contribution in [0.1, 0.15) is 0 Å². The molecule has 80 valence electrons. The predicted octanol–water partition coefficient (Wildman–Crippen LogP) is -4.11. The molecule has 0 amide bonds. The monoisotopic (exact) mass is 197 g/mol. The highest BCUT2D eigenvalue weighted by molar-refractivity contribution is 4.83. The zero-order valence-electron chi connectivity index (χ0n) is 7.96. The average molecular weight is 197 g/mol. The first-order valence-electron chi connectivity index (χ1n) is 4.26. The highest BCUT2D eigenvalue weighted by atomic mass is 16.4. The topological polar surface area (TPSA) is 139 Å². The summed E-state index contributed by atoms with van der Waals surface area (Å²) in [5.74, 6) is 1.74. The van der Waals surface area contributed by atoms with Crippen molar-refractivity contribution in [1.29, 1.82) is 0 Å². The van der Waals surface area contributed by atoms with E-state index >= 15 is 0 Å². The predicted molar refractivity (Wildman–Crippen MR) is 43.3 cm³/mol. The van der Waals surface area contributed by atoms with E-state index in [0.29, 0.717) is 0 Å². The Bertz CT molecular complexity index is 150. The van der Waals surface area contributed by atoms with E-state index in [1.807, 2.05) is 0 Å². The molecule has 0 aliphatic heterocycles. The van der Waals surface area contributed by atoms with Crippen LogP contribution in [0.25, 0.3) is 0 Å². The lowest BCUT2D eigenvalue weighted by molar-refractivity contribution is -0.0916. The highest BCUT2D eigenvalue weighted by Gasteiger charge is 2.29. The maximum absolute atomic E-state index is 9.34. The average Bonchev–Trinajstić information content (AvgIpc) is 2.22. The van der Waals surface area contributed by atoms with E-state index in [0.717, 1.165) is 0 Å². The van der Waals surface area contributed by atoms with Crippen LogP contribution in [0, 0.1) is 0 Å². The maximum atomic E-state index is 9.34. The fourth-order valence-electron chi connectivity index (χ4n) is 0.813. The fourth-order valence-corrected chi connectivity index (χ4v) is 0.813. The first kappa shape index (κ1) is 10.8. The van der Waals surface area contributed by atoms with Gasteiger partial charge in [-0.15, -0.1) is 0 Å². The summed E-state index contributed by atoms with van der Waals surface area (Å²) in [5.41, 5.74) is 2.16. The van der Waals surface area contributed by atoms with Crippen LogP contribution < -0.4 is 11.3 Å². The lowest BCUT2D eigenvalue weighted by atomic mass is 10.0. The number of nitrogens with one attached hydrogen (secondary N) is 1.